The maximum atomic E-state index is 12.0. The number of oxazole rings is 1. The van der Waals surface area contributed by atoms with Gasteiger partial charge in [0.15, 0.2) is 5.89 Å². The highest BCUT2D eigenvalue weighted by Gasteiger charge is 2.10. The predicted molar refractivity (Wildman–Crippen MR) is 75.1 cm³/mol. The molecule has 0 aliphatic carbocycles. The fourth-order valence-electron chi connectivity index (χ4n) is 1.92. The number of amides is 1. The largest absolute Gasteiger partial charge is 0.449 e. The van der Waals surface area contributed by atoms with Crippen LogP contribution in [0.5, 0.6) is 0 Å². The lowest BCUT2D eigenvalue weighted by Gasteiger charge is -2.16. The summed E-state index contributed by atoms with van der Waals surface area (Å²) in [7, 11) is 1.83. The van der Waals surface area contributed by atoms with Crippen LogP contribution in [0.1, 0.15) is 23.6 Å². The quantitative estimate of drug-likeness (QED) is 0.808. The van der Waals surface area contributed by atoms with Crippen LogP contribution in [0.3, 0.4) is 0 Å². The normalized spacial score (nSPS) is 10.5. The molecule has 2 aromatic heterocycles. The molecule has 0 aromatic carbocycles. The van der Waals surface area contributed by atoms with Crippen LogP contribution in [0.15, 0.2) is 35.2 Å². The van der Waals surface area contributed by atoms with Crippen molar-refractivity contribution in [3.8, 4) is 0 Å². The van der Waals surface area contributed by atoms with E-state index in [0.29, 0.717) is 25.3 Å². The number of pyridine rings is 1. The Hall–Kier alpha value is -2.17. The summed E-state index contributed by atoms with van der Waals surface area (Å²) < 4.78 is 5.12. The van der Waals surface area contributed by atoms with Gasteiger partial charge in [-0.3, -0.25) is 9.78 Å². The molecule has 0 bridgehead atoms. The summed E-state index contributed by atoms with van der Waals surface area (Å²) in [5.74, 6) is 0.762. The van der Waals surface area contributed by atoms with Crippen molar-refractivity contribution in [2.75, 3.05) is 13.6 Å². The summed E-state index contributed by atoms with van der Waals surface area (Å²) in [6.07, 6.45) is 7.07. The number of nitrogens with zero attached hydrogens (tertiary/aromatic N) is 3. The van der Waals surface area contributed by atoms with Crippen molar-refractivity contribution in [1.29, 1.82) is 0 Å². The molecule has 2 aromatic rings. The SMILES string of the molecule is Cc1nc(CCC(=O)N(C)CCc2ccncc2)co1. The molecule has 0 saturated heterocycles. The number of hydrogen-bond acceptors (Lipinski definition) is 4. The van der Waals surface area contributed by atoms with Crippen molar-refractivity contribution in [3.05, 3.63) is 47.9 Å². The van der Waals surface area contributed by atoms with E-state index in [-0.39, 0.29) is 5.91 Å². The molecule has 0 atom stereocenters. The van der Waals surface area contributed by atoms with Gasteiger partial charge in [-0.15, -0.1) is 0 Å². The molecule has 0 aliphatic rings. The van der Waals surface area contributed by atoms with E-state index < -0.39 is 0 Å². The zero-order valence-corrected chi connectivity index (χ0v) is 11.9. The standard InChI is InChI=1S/C15H19N3O2/c1-12-17-14(11-20-12)3-4-15(19)18(2)10-7-13-5-8-16-9-6-13/h5-6,8-9,11H,3-4,7,10H2,1-2H3. The fraction of sp³-hybridized carbons (Fsp3) is 0.400. The molecular weight excluding hydrogens is 254 g/mol. The first-order valence-electron chi connectivity index (χ1n) is 6.69. The Balaban J connectivity index is 1.74. The van der Waals surface area contributed by atoms with E-state index >= 15 is 0 Å². The third-order valence-electron chi connectivity index (χ3n) is 3.17. The number of hydrogen-bond donors (Lipinski definition) is 0. The molecule has 106 valence electrons. The van der Waals surface area contributed by atoms with Gasteiger partial charge in [0.2, 0.25) is 5.91 Å². The minimum absolute atomic E-state index is 0.125. The van der Waals surface area contributed by atoms with Crippen molar-refractivity contribution in [2.24, 2.45) is 0 Å². The van der Waals surface area contributed by atoms with E-state index in [1.165, 1.54) is 5.56 Å². The Morgan fingerprint density at radius 2 is 2.05 bits per heavy atom. The van der Waals surface area contributed by atoms with Crippen LogP contribution in [-0.4, -0.2) is 34.4 Å². The van der Waals surface area contributed by atoms with Gasteiger partial charge in [0.25, 0.3) is 0 Å². The summed E-state index contributed by atoms with van der Waals surface area (Å²) in [6.45, 7) is 2.51. The lowest BCUT2D eigenvalue weighted by Crippen LogP contribution is -2.29. The van der Waals surface area contributed by atoms with Crippen LogP contribution in [-0.2, 0) is 17.6 Å². The molecule has 1 amide bonds. The molecule has 0 N–H and O–H groups in total. The summed E-state index contributed by atoms with van der Waals surface area (Å²) in [6, 6.07) is 3.94. The van der Waals surface area contributed by atoms with Crippen LogP contribution < -0.4 is 0 Å². The molecule has 5 heteroatoms. The summed E-state index contributed by atoms with van der Waals surface area (Å²) in [5, 5.41) is 0. The Morgan fingerprint density at radius 1 is 1.30 bits per heavy atom. The first-order chi connectivity index (χ1) is 9.65. The van der Waals surface area contributed by atoms with Crippen LogP contribution in [0.4, 0.5) is 0 Å². The summed E-state index contributed by atoms with van der Waals surface area (Å²) >= 11 is 0. The molecule has 0 saturated carbocycles. The molecule has 0 radical (unpaired) electrons. The van der Waals surface area contributed by atoms with Crippen LogP contribution in [0.2, 0.25) is 0 Å². The average Bonchev–Trinajstić information content (AvgIpc) is 2.89. The fourth-order valence-corrected chi connectivity index (χ4v) is 1.92. The topological polar surface area (TPSA) is 59.2 Å². The summed E-state index contributed by atoms with van der Waals surface area (Å²) in [4.78, 5) is 21.9. The lowest BCUT2D eigenvalue weighted by atomic mass is 10.2. The first kappa shape index (κ1) is 14.2. The van der Waals surface area contributed by atoms with Crippen molar-refractivity contribution < 1.29 is 9.21 Å². The predicted octanol–water partition coefficient (Wildman–Crippen LogP) is 2.01. The maximum absolute atomic E-state index is 12.0. The number of likely N-dealkylation sites (N-methyl/N-ethyl adjacent to an activating group) is 1. The van der Waals surface area contributed by atoms with Gasteiger partial charge < -0.3 is 9.32 Å². The molecule has 0 fully saturated rings. The Labute approximate surface area is 118 Å². The number of carbonyl (C=O) groups excluding carboxylic acids is 1. The summed E-state index contributed by atoms with van der Waals surface area (Å²) in [5.41, 5.74) is 2.02. The zero-order chi connectivity index (χ0) is 14.4. The first-order valence-corrected chi connectivity index (χ1v) is 6.69. The second kappa shape index (κ2) is 6.84. The molecule has 2 rings (SSSR count). The highest BCUT2D eigenvalue weighted by molar-refractivity contribution is 5.76. The molecule has 0 aliphatic heterocycles. The molecular formula is C15H19N3O2. The second-order valence-corrected chi connectivity index (χ2v) is 4.78. The van der Waals surface area contributed by atoms with Gasteiger partial charge in [0.05, 0.1) is 5.69 Å². The number of rotatable bonds is 6. The van der Waals surface area contributed by atoms with Crippen LogP contribution >= 0.6 is 0 Å². The van der Waals surface area contributed by atoms with Gasteiger partial charge >= 0.3 is 0 Å². The van der Waals surface area contributed by atoms with Gasteiger partial charge in [-0.05, 0) is 24.1 Å². The van der Waals surface area contributed by atoms with Crippen molar-refractivity contribution in [3.63, 3.8) is 0 Å². The number of carbonyl (C=O) groups is 1. The Morgan fingerprint density at radius 3 is 2.70 bits per heavy atom. The minimum Gasteiger partial charge on any atom is -0.449 e. The van der Waals surface area contributed by atoms with E-state index in [2.05, 4.69) is 9.97 Å². The minimum atomic E-state index is 0.125. The molecule has 2 heterocycles. The third-order valence-corrected chi connectivity index (χ3v) is 3.17. The number of aromatic nitrogens is 2. The van der Waals surface area contributed by atoms with Gasteiger partial charge in [-0.2, -0.15) is 0 Å². The van der Waals surface area contributed by atoms with Gasteiger partial charge in [-0.25, -0.2) is 4.98 Å². The van der Waals surface area contributed by atoms with Gasteiger partial charge in [0.1, 0.15) is 6.26 Å². The lowest BCUT2D eigenvalue weighted by molar-refractivity contribution is -0.129. The molecule has 0 unspecified atom stereocenters. The van der Waals surface area contributed by atoms with Crippen molar-refractivity contribution >= 4 is 5.91 Å². The second-order valence-electron chi connectivity index (χ2n) is 4.78. The Bertz CT molecular complexity index is 551. The van der Waals surface area contributed by atoms with Crippen LogP contribution in [0.25, 0.3) is 0 Å². The average molecular weight is 273 g/mol. The van der Waals surface area contributed by atoms with E-state index in [9.17, 15) is 4.79 Å². The molecule has 5 nitrogen and oxygen atoms in total. The van der Waals surface area contributed by atoms with E-state index in [1.807, 2.05) is 19.2 Å². The number of aryl methyl sites for hydroxylation is 2. The molecule has 20 heavy (non-hydrogen) atoms. The highest BCUT2D eigenvalue weighted by Crippen LogP contribution is 2.06. The van der Waals surface area contributed by atoms with E-state index in [0.717, 1.165) is 12.1 Å². The van der Waals surface area contributed by atoms with E-state index in [4.69, 9.17) is 4.42 Å². The van der Waals surface area contributed by atoms with Gasteiger partial charge in [0, 0.05) is 45.8 Å². The zero-order valence-electron chi connectivity index (χ0n) is 11.9. The van der Waals surface area contributed by atoms with Crippen molar-refractivity contribution in [1.82, 2.24) is 14.9 Å². The van der Waals surface area contributed by atoms with Crippen molar-refractivity contribution in [2.45, 2.75) is 26.2 Å². The van der Waals surface area contributed by atoms with E-state index in [1.54, 1.807) is 30.5 Å². The smallest absolute Gasteiger partial charge is 0.222 e. The Kier molecular flexibility index (Phi) is 4.87. The van der Waals surface area contributed by atoms with Crippen LogP contribution in [0, 0.1) is 6.92 Å². The monoisotopic (exact) mass is 273 g/mol. The maximum Gasteiger partial charge on any atom is 0.222 e. The third kappa shape index (κ3) is 4.19. The molecule has 0 spiro atoms. The van der Waals surface area contributed by atoms with Gasteiger partial charge in [-0.1, -0.05) is 0 Å². The highest BCUT2D eigenvalue weighted by atomic mass is 16.3.